The lowest BCUT2D eigenvalue weighted by Crippen LogP contribution is -2.33. The lowest BCUT2D eigenvalue weighted by Gasteiger charge is -2.23. The molecule has 0 fully saturated rings. The molecular weight excluding hydrogens is 207 g/mol. The van der Waals surface area contributed by atoms with E-state index in [0.717, 1.165) is 0 Å². The summed E-state index contributed by atoms with van der Waals surface area (Å²) in [6.07, 6.45) is 0. The van der Waals surface area contributed by atoms with Gasteiger partial charge in [-0.1, -0.05) is 15.9 Å². The molecule has 0 unspecified atom stereocenters. The lowest BCUT2D eigenvalue weighted by atomic mass is 9.96. The Bertz CT molecular complexity index is 57.8. The van der Waals surface area contributed by atoms with E-state index in [1.54, 1.807) is 0 Å². The first-order valence-corrected chi connectivity index (χ1v) is 4.24. The molecule has 0 aliphatic heterocycles. The quantitative estimate of drug-likeness (QED) is 0.677. The van der Waals surface area contributed by atoms with Crippen molar-refractivity contribution < 1.29 is 10.2 Å². The van der Waals surface area contributed by atoms with E-state index < -0.39 is 5.41 Å². The van der Waals surface area contributed by atoms with E-state index in [2.05, 4.69) is 15.9 Å². The van der Waals surface area contributed by atoms with Crippen molar-refractivity contribution in [2.75, 3.05) is 24.4 Å². The van der Waals surface area contributed by atoms with Gasteiger partial charge in [-0.15, -0.1) is 11.6 Å². The molecular formula is C5H10BrClO2. The number of hydrogen-bond acceptors (Lipinski definition) is 2. The molecule has 0 atom stereocenters. The van der Waals surface area contributed by atoms with E-state index in [9.17, 15) is 0 Å². The largest absolute Gasteiger partial charge is 0.396 e. The van der Waals surface area contributed by atoms with Crippen LogP contribution in [0.5, 0.6) is 0 Å². The molecule has 0 aliphatic carbocycles. The van der Waals surface area contributed by atoms with Gasteiger partial charge in [-0.05, 0) is 0 Å². The zero-order valence-corrected chi connectivity index (χ0v) is 7.32. The Kier molecular flexibility index (Phi) is 4.84. The van der Waals surface area contributed by atoms with Crippen molar-refractivity contribution in [3.05, 3.63) is 0 Å². The molecule has 0 saturated heterocycles. The molecule has 0 aromatic carbocycles. The van der Waals surface area contributed by atoms with Gasteiger partial charge in [-0.3, -0.25) is 0 Å². The van der Waals surface area contributed by atoms with E-state index in [1.807, 2.05) is 0 Å². The number of aliphatic hydroxyl groups is 2. The first-order valence-electron chi connectivity index (χ1n) is 2.58. The van der Waals surface area contributed by atoms with Crippen molar-refractivity contribution in [1.29, 1.82) is 0 Å². The van der Waals surface area contributed by atoms with Crippen LogP contribution in [0.4, 0.5) is 0 Å². The minimum absolute atomic E-state index is 0.0851. The third-order valence-corrected chi connectivity index (χ3v) is 2.99. The molecule has 2 nitrogen and oxygen atoms in total. The van der Waals surface area contributed by atoms with Gasteiger partial charge in [0.1, 0.15) is 0 Å². The number of hydrogen-bond donors (Lipinski definition) is 2. The number of aliphatic hydroxyl groups excluding tert-OH is 2. The maximum Gasteiger partial charge on any atom is 0.0529 e. The van der Waals surface area contributed by atoms with Crippen LogP contribution in [0.1, 0.15) is 0 Å². The molecule has 0 spiro atoms. The van der Waals surface area contributed by atoms with E-state index in [4.69, 9.17) is 21.8 Å². The lowest BCUT2D eigenvalue weighted by molar-refractivity contribution is 0.0932. The highest BCUT2D eigenvalue weighted by molar-refractivity contribution is 9.09. The molecule has 0 rings (SSSR count). The van der Waals surface area contributed by atoms with Gasteiger partial charge in [0, 0.05) is 16.6 Å². The molecule has 0 aliphatic rings. The average Bonchev–Trinajstić information content (AvgIpc) is 1.95. The Morgan fingerprint density at radius 3 is 1.78 bits per heavy atom. The monoisotopic (exact) mass is 216 g/mol. The van der Waals surface area contributed by atoms with E-state index >= 15 is 0 Å². The Balaban J connectivity index is 3.82. The highest BCUT2D eigenvalue weighted by Gasteiger charge is 2.25. The highest BCUT2D eigenvalue weighted by Crippen LogP contribution is 2.19. The van der Waals surface area contributed by atoms with Crippen LogP contribution in [0.25, 0.3) is 0 Å². The summed E-state index contributed by atoms with van der Waals surface area (Å²) in [5, 5.41) is 17.9. The Morgan fingerprint density at radius 2 is 1.78 bits per heavy atom. The second kappa shape index (κ2) is 4.50. The van der Waals surface area contributed by atoms with Gasteiger partial charge in [0.25, 0.3) is 0 Å². The van der Waals surface area contributed by atoms with E-state index in [-0.39, 0.29) is 19.1 Å². The average molecular weight is 217 g/mol. The summed E-state index contributed by atoms with van der Waals surface area (Å²) in [5.41, 5.74) is -0.540. The summed E-state index contributed by atoms with van der Waals surface area (Å²) >= 11 is 8.62. The third kappa shape index (κ3) is 2.42. The van der Waals surface area contributed by atoms with Gasteiger partial charge in [0.15, 0.2) is 0 Å². The Labute approximate surface area is 68.0 Å². The fourth-order valence-electron chi connectivity index (χ4n) is 0.255. The van der Waals surface area contributed by atoms with E-state index in [0.29, 0.717) is 5.33 Å². The SMILES string of the molecule is OCC(CO)(CCl)CBr. The minimum atomic E-state index is -0.540. The van der Waals surface area contributed by atoms with Gasteiger partial charge in [-0.2, -0.15) is 0 Å². The predicted octanol–water partition coefficient (Wildman–Crippen LogP) is 0.591. The van der Waals surface area contributed by atoms with Crippen molar-refractivity contribution in [1.82, 2.24) is 0 Å². The summed E-state index contributed by atoms with van der Waals surface area (Å²) in [4.78, 5) is 0. The molecule has 0 amide bonds. The number of halogens is 2. The zero-order chi connectivity index (χ0) is 7.33. The van der Waals surface area contributed by atoms with Crippen molar-refractivity contribution in [3.8, 4) is 0 Å². The van der Waals surface area contributed by atoms with Gasteiger partial charge < -0.3 is 10.2 Å². The molecule has 0 aromatic heterocycles. The summed E-state index contributed by atoms with van der Waals surface area (Å²) < 4.78 is 0. The summed E-state index contributed by atoms with van der Waals surface area (Å²) in [7, 11) is 0. The van der Waals surface area contributed by atoms with Crippen LogP contribution in [0.2, 0.25) is 0 Å². The smallest absolute Gasteiger partial charge is 0.0529 e. The minimum Gasteiger partial charge on any atom is -0.396 e. The van der Waals surface area contributed by atoms with Crippen LogP contribution in [0.15, 0.2) is 0 Å². The van der Waals surface area contributed by atoms with Crippen molar-refractivity contribution in [2.45, 2.75) is 0 Å². The van der Waals surface area contributed by atoms with Gasteiger partial charge in [0.05, 0.1) is 13.2 Å². The molecule has 0 heterocycles. The first kappa shape index (κ1) is 9.69. The third-order valence-electron chi connectivity index (χ3n) is 1.24. The molecule has 0 bridgehead atoms. The molecule has 0 aromatic rings. The molecule has 0 saturated carbocycles. The number of rotatable bonds is 4. The maximum atomic E-state index is 8.70. The Morgan fingerprint density at radius 1 is 1.33 bits per heavy atom. The normalized spacial score (nSPS) is 12.0. The first-order chi connectivity index (χ1) is 4.24. The number of alkyl halides is 2. The van der Waals surface area contributed by atoms with Crippen LogP contribution in [-0.2, 0) is 0 Å². The fraction of sp³-hybridized carbons (Fsp3) is 1.00. The van der Waals surface area contributed by atoms with Crippen molar-refractivity contribution in [3.63, 3.8) is 0 Å². The summed E-state index contributed by atoms with van der Waals surface area (Å²) in [6, 6.07) is 0. The molecule has 0 radical (unpaired) electrons. The fourth-order valence-corrected chi connectivity index (χ4v) is 1.30. The van der Waals surface area contributed by atoms with Crippen LogP contribution < -0.4 is 0 Å². The molecule has 4 heteroatoms. The summed E-state index contributed by atoms with van der Waals surface area (Å²) in [6.45, 7) is -0.170. The highest BCUT2D eigenvalue weighted by atomic mass is 79.9. The molecule has 9 heavy (non-hydrogen) atoms. The predicted molar refractivity (Wildman–Crippen MR) is 41.1 cm³/mol. The zero-order valence-electron chi connectivity index (χ0n) is 4.98. The maximum absolute atomic E-state index is 8.70. The Hall–Kier alpha value is 0.690. The summed E-state index contributed by atoms with van der Waals surface area (Å²) in [5.74, 6) is 0.269. The van der Waals surface area contributed by atoms with Crippen LogP contribution in [-0.4, -0.2) is 34.6 Å². The molecule has 2 N–H and O–H groups in total. The second-order valence-electron chi connectivity index (χ2n) is 2.08. The van der Waals surface area contributed by atoms with Crippen LogP contribution in [0, 0.1) is 5.41 Å². The van der Waals surface area contributed by atoms with Gasteiger partial charge >= 0.3 is 0 Å². The topological polar surface area (TPSA) is 40.5 Å². The molecule has 56 valence electrons. The van der Waals surface area contributed by atoms with E-state index in [1.165, 1.54) is 0 Å². The van der Waals surface area contributed by atoms with Gasteiger partial charge in [0.2, 0.25) is 0 Å². The second-order valence-corrected chi connectivity index (χ2v) is 2.91. The van der Waals surface area contributed by atoms with Crippen LogP contribution >= 0.6 is 27.5 Å². The standard InChI is InChI=1S/C5H10BrClO2/c6-1-5(2-7,3-8)4-9/h8-9H,1-4H2. The van der Waals surface area contributed by atoms with Gasteiger partial charge in [-0.25, -0.2) is 0 Å². The van der Waals surface area contributed by atoms with Crippen molar-refractivity contribution in [2.24, 2.45) is 5.41 Å². The van der Waals surface area contributed by atoms with Crippen molar-refractivity contribution >= 4 is 27.5 Å². The van der Waals surface area contributed by atoms with Crippen LogP contribution in [0.3, 0.4) is 0 Å².